The normalized spacial score (nSPS) is 12.7. The molecule has 96 valence electrons. The van der Waals surface area contributed by atoms with Crippen molar-refractivity contribution in [1.82, 2.24) is 5.32 Å². The van der Waals surface area contributed by atoms with E-state index in [-0.39, 0.29) is 5.82 Å². The van der Waals surface area contributed by atoms with Crippen LogP contribution in [-0.4, -0.2) is 24.1 Å². The van der Waals surface area contributed by atoms with Crippen molar-refractivity contribution in [3.8, 4) is 0 Å². The SMILES string of the molecule is CCNC(CSCC)Cc1cccc(F)c1Br. The van der Waals surface area contributed by atoms with Gasteiger partial charge in [0.15, 0.2) is 0 Å². The van der Waals surface area contributed by atoms with E-state index in [1.54, 1.807) is 6.07 Å². The zero-order chi connectivity index (χ0) is 12.7. The van der Waals surface area contributed by atoms with Gasteiger partial charge >= 0.3 is 0 Å². The van der Waals surface area contributed by atoms with Crippen LogP contribution in [0.5, 0.6) is 0 Å². The van der Waals surface area contributed by atoms with Gasteiger partial charge in [-0.3, -0.25) is 0 Å². The van der Waals surface area contributed by atoms with Gasteiger partial charge in [-0.2, -0.15) is 11.8 Å². The Morgan fingerprint density at radius 3 is 2.82 bits per heavy atom. The van der Waals surface area contributed by atoms with Crippen LogP contribution < -0.4 is 5.32 Å². The van der Waals surface area contributed by atoms with Crippen LogP contribution in [-0.2, 0) is 6.42 Å². The molecular weight excluding hydrogens is 301 g/mol. The van der Waals surface area contributed by atoms with Crippen molar-refractivity contribution >= 4 is 27.7 Å². The zero-order valence-electron chi connectivity index (χ0n) is 10.3. The maximum absolute atomic E-state index is 13.4. The molecule has 0 saturated heterocycles. The van der Waals surface area contributed by atoms with Gasteiger partial charge in [0.1, 0.15) is 5.82 Å². The number of likely N-dealkylation sites (N-methyl/N-ethyl adjacent to an activating group) is 1. The highest BCUT2D eigenvalue weighted by molar-refractivity contribution is 9.10. The van der Waals surface area contributed by atoms with Crippen molar-refractivity contribution in [2.75, 3.05) is 18.1 Å². The van der Waals surface area contributed by atoms with E-state index in [1.807, 2.05) is 17.8 Å². The molecule has 0 aliphatic carbocycles. The Labute approximate surface area is 116 Å². The average Bonchev–Trinajstić information content (AvgIpc) is 2.32. The molecule has 17 heavy (non-hydrogen) atoms. The van der Waals surface area contributed by atoms with Crippen molar-refractivity contribution < 1.29 is 4.39 Å². The Kier molecular flexibility index (Phi) is 7.16. The summed E-state index contributed by atoms with van der Waals surface area (Å²) >= 11 is 5.23. The van der Waals surface area contributed by atoms with E-state index in [9.17, 15) is 4.39 Å². The summed E-state index contributed by atoms with van der Waals surface area (Å²) in [5.41, 5.74) is 1.03. The number of thioether (sulfide) groups is 1. The van der Waals surface area contributed by atoms with E-state index in [0.29, 0.717) is 10.5 Å². The molecule has 1 nitrogen and oxygen atoms in total. The summed E-state index contributed by atoms with van der Waals surface area (Å²) < 4.78 is 14.0. The highest BCUT2D eigenvalue weighted by Crippen LogP contribution is 2.22. The molecule has 0 heterocycles. The summed E-state index contributed by atoms with van der Waals surface area (Å²) in [6.07, 6.45) is 0.860. The fourth-order valence-electron chi connectivity index (χ4n) is 1.71. The molecule has 0 saturated carbocycles. The van der Waals surface area contributed by atoms with Gasteiger partial charge in [0, 0.05) is 11.8 Å². The molecule has 1 unspecified atom stereocenters. The average molecular weight is 320 g/mol. The molecule has 1 N–H and O–H groups in total. The van der Waals surface area contributed by atoms with Gasteiger partial charge in [0.05, 0.1) is 4.47 Å². The Bertz CT molecular complexity index is 346. The lowest BCUT2D eigenvalue weighted by molar-refractivity contribution is 0.566. The Morgan fingerprint density at radius 1 is 1.41 bits per heavy atom. The van der Waals surface area contributed by atoms with Crippen LogP contribution in [0.25, 0.3) is 0 Å². The number of hydrogen-bond donors (Lipinski definition) is 1. The van der Waals surface area contributed by atoms with E-state index in [0.717, 1.165) is 30.0 Å². The van der Waals surface area contributed by atoms with Gasteiger partial charge in [-0.1, -0.05) is 26.0 Å². The van der Waals surface area contributed by atoms with Crippen molar-refractivity contribution in [2.24, 2.45) is 0 Å². The Morgan fingerprint density at radius 2 is 2.18 bits per heavy atom. The molecule has 0 aromatic heterocycles. The third kappa shape index (κ3) is 4.98. The lowest BCUT2D eigenvalue weighted by Crippen LogP contribution is -2.33. The second-order valence-corrected chi connectivity index (χ2v) is 5.94. The van der Waals surface area contributed by atoms with Gasteiger partial charge in [-0.25, -0.2) is 4.39 Å². The summed E-state index contributed by atoms with van der Waals surface area (Å²) in [6.45, 7) is 5.21. The van der Waals surface area contributed by atoms with Gasteiger partial charge in [0.25, 0.3) is 0 Å². The number of rotatable bonds is 7. The molecule has 0 amide bonds. The maximum atomic E-state index is 13.4. The third-order valence-corrected chi connectivity index (χ3v) is 4.45. The second-order valence-electron chi connectivity index (χ2n) is 3.83. The van der Waals surface area contributed by atoms with Crippen LogP contribution in [0.3, 0.4) is 0 Å². The number of hydrogen-bond acceptors (Lipinski definition) is 2. The highest BCUT2D eigenvalue weighted by atomic mass is 79.9. The first kappa shape index (κ1) is 15.0. The minimum Gasteiger partial charge on any atom is -0.313 e. The summed E-state index contributed by atoms with van der Waals surface area (Å²) in [4.78, 5) is 0. The summed E-state index contributed by atoms with van der Waals surface area (Å²) in [5, 5.41) is 3.45. The van der Waals surface area contributed by atoms with Crippen LogP contribution in [0.4, 0.5) is 4.39 Å². The number of nitrogens with one attached hydrogen (secondary N) is 1. The van der Waals surface area contributed by atoms with Gasteiger partial charge < -0.3 is 5.32 Å². The summed E-state index contributed by atoms with van der Waals surface area (Å²) in [5.74, 6) is 2.00. The first-order chi connectivity index (χ1) is 8.19. The molecule has 0 aliphatic rings. The third-order valence-electron chi connectivity index (χ3n) is 2.51. The van der Waals surface area contributed by atoms with Gasteiger partial charge in [-0.15, -0.1) is 0 Å². The van der Waals surface area contributed by atoms with E-state index >= 15 is 0 Å². The molecule has 1 aromatic carbocycles. The van der Waals surface area contributed by atoms with Crippen molar-refractivity contribution in [1.29, 1.82) is 0 Å². The molecule has 0 radical (unpaired) electrons. The van der Waals surface area contributed by atoms with Gasteiger partial charge in [0.2, 0.25) is 0 Å². The van der Waals surface area contributed by atoms with E-state index in [2.05, 4.69) is 35.1 Å². The topological polar surface area (TPSA) is 12.0 Å². The highest BCUT2D eigenvalue weighted by Gasteiger charge is 2.12. The van der Waals surface area contributed by atoms with Crippen molar-refractivity contribution in [3.05, 3.63) is 34.1 Å². The number of halogens is 2. The number of benzene rings is 1. The van der Waals surface area contributed by atoms with E-state index in [4.69, 9.17) is 0 Å². The van der Waals surface area contributed by atoms with Crippen LogP contribution >= 0.6 is 27.7 Å². The molecule has 0 fully saturated rings. The Hall–Kier alpha value is -0.0600. The fourth-order valence-corrected chi connectivity index (χ4v) is 2.89. The summed E-state index contributed by atoms with van der Waals surface area (Å²) in [7, 11) is 0. The molecule has 1 atom stereocenters. The predicted octanol–water partition coefficient (Wildman–Crippen LogP) is 3.86. The summed E-state index contributed by atoms with van der Waals surface area (Å²) in [6, 6.07) is 5.64. The minimum absolute atomic E-state index is 0.180. The molecule has 4 heteroatoms. The van der Waals surface area contributed by atoms with E-state index < -0.39 is 0 Å². The maximum Gasteiger partial charge on any atom is 0.137 e. The molecular formula is C13H19BrFNS. The first-order valence-electron chi connectivity index (χ1n) is 5.93. The van der Waals surface area contributed by atoms with Crippen LogP contribution in [0.15, 0.2) is 22.7 Å². The predicted molar refractivity (Wildman–Crippen MR) is 78.3 cm³/mol. The molecule has 1 rings (SSSR count). The fraction of sp³-hybridized carbons (Fsp3) is 0.538. The largest absolute Gasteiger partial charge is 0.313 e. The Balaban J connectivity index is 2.67. The molecule has 0 bridgehead atoms. The molecule has 0 spiro atoms. The smallest absolute Gasteiger partial charge is 0.137 e. The zero-order valence-corrected chi connectivity index (χ0v) is 12.7. The molecule has 1 aromatic rings. The standard InChI is InChI=1S/C13H19BrFNS/c1-3-16-11(9-17-4-2)8-10-6-5-7-12(15)13(10)14/h5-7,11,16H,3-4,8-9H2,1-2H3. The van der Waals surface area contributed by atoms with Crippen molar-refractivity contribution in [2.45, 2.75) is 26.3 Å². The lowest BCUT2D eigenvalue weighted by atomic mass is 10.1. The van der Waals surface area contributed by atoms with E-state index in [1.165, 1.54) is 6.07 Å². The lowest BCUT2D eigenvalue weighted by Gasteiger charge is -2.18. The first-order valence-corrected chi connectivity index (χ1v) is 7.87. The monoisotopic (exact) mass is 319 g/mol. The second kappa shape index (κ2) is 8.11. The molecule has 0 aliphatic heterocycles. The van der Waals surface area contributed by atoms with Crippen LogP contribution in [0, 0.1) is 5.82 Å². The van der Waals surface area contributed by atoms with Crippen molar-refractivity contribution in [3.63, 3.8) is 0 Å². The van der Waals surface area contributed by atoms with Crippen LogP contribution in [0.1, 0.15) is 19.4 Å². The minimum atomic E-state index is -0.180. The van der Waals surface area contributed by atoms with Gasteiger partial charge in [-0.05, 0) is 46.3 Å². The van der Waals surface area contributed by atoms with Crippen LogP contribution in [0.2, 0.25) is 0 Å². The quantitative estimate of drug-likeness (QED) is 0.819.